The van der Waals surface area contributed by atoms with Crippen LogP contribution in [0.1, 0.15) is 24.2 Å². The Morgan fingerprint density at radius 2 is 1.93 bits per heavy atom. The van der Waals surface area contributed by atoms with Crippen LogP contribution in [0.4, 0.5) is 0 Å². The maximum Gasteiger partial charge on any atom is 0.205 e. The number of nitrogens with zero attached hydrogens (tertiary/aromatic N) is 6. The number of allylic oxidation sites excluding steroid dienone is 3. The monoisotopic (exact) mass is 397 g/mol. The number of ether oxygens (including phenoxy) is 1. The van der Waals surface area contributed by atoms with E-state index >= 15 is 0 Å². The van der Waals surface area contributed by atoms with E-state index in [1.807, 2.05) is 35.0 Å². The van der Waals surface area contributed by atoms with E-state index in [-0.39, 0.29) is 5.88 Å². The van der Waals surface area contributed by atoms with E-state index in [2.05, 4.69) is 26.0 Å². The van der Waals surface area contributed by atoms with Crippen molar-refractivity contribution in [1.29, 1.82) is 5.26 Å². The minimum Gasteiger partial charge on any atom is -0.445 e. The Hall–Kier alpha value is -4.25. The highest BCUT2D eigenvalue weighted by Crippen LogP contribution is 2.40. The lowest BCUT2D eigenvalue weighted by Crippen LogP contribution is -2.26. The number of nitrogens with two attached hydrogens (primary N) is 1. The van der Waals surface area contributed by atoms with Gasteiger partial charge in [-0.2, -0.15) is 5.26 Å². The number of aliphatic imine (C=N–C) groups is 1. The zero-order chi connectivity index (χ0) is 21.1. The van der Waals surface area contributed by atoms with Crippen LogP contribution < -0.4 is 5.73 Å². The Balaban J connectivity index is 1.84. The molecule has 1 unspecified atom stereocenters. The fraction of sp³-hybridized carbons (Fsp3) is 0.136. The van der Waals surface area contributed by atoms with E-state index in [0.29, 0.717) is 28.4 Å². The summed E-state index contributed by atoms with van der Waals surface area (Å²) in [5.41, 5.74) is 9.50. The van der Waals surface area contributed by atoms with Crippen molar-refractivity contribution in [2.24, 2.45) is 10.7 Å². The zero-order valence-electron chi connectivity index (χ0n) is 16.5. The van der Waals surface area contributed by atoms with Crippen molar-refractivity contribution in [3.8, 4) is 11.8 Å². The molecule has 148 valence electrons. The van der Waals surface area contributed by atoms with Crippen molar-refractivity contribution in [3.63, 3.8) is 0 Å². The molecule has 0 aliphatic carbocycles. The molecule has 0 saturated heterocycles. The number of rotatable bonds is 4. The van der Waals surface area contributed by atoms with E-state index in [0.717, 1.165) is 11.3 Å². The molecule has 0 spiro atoms. The number of hydrogen-bond donors (Lipinski definition) is 1. The van der Waals surface area contributed by atoms with Gasteiger partial charge in [0, 0.05) is 43.1 Å². The minimum atomic E-state index is -0.455. The van der Waals surface area contributed by atoms with E-state index in [4.69, 9.17) is 10.5 Å². The van der Waals surface area contributed by atoms with E-state index in [1.165, 1.54) is 0 Å². The lowest BCUT2D eigenvalue weighted by Gasteiger charge is -2.28. The molecule has 3 heterocycles. The standard InChI is InChI=1S/C22H19N7O/c1-14-18(20(25-2)22-27-8-3-9-28-22)19(17(12-23)21(24)30-14)15-4-6-16(7-5-15)29-11-10-26-13-29/h3-11,13,19H,24H2,1-2H3. The Bertz CT molecular complexity index is 1180. The third-order valence-electron chi connectivity index (χ3n) is 4.89. The van der Waals surface area contributed by atoms with Gasteiger partial charge in [-0.15, -0.1) is 0 Å². The molecule has 4 rings (SSSR count). The summed E-state index contributed by atoms with van der Waals surface area (Å²) in [6, 6.07) is 11.8. The summed E-state index contributed by atoms with van der Waals surface area (Å²) in [7, 11) is 1.67. The van der Waals surface area contributed by atoms with E-state index < -0.39 is 5.92 Å². The van der Waals surface area contributed by atoms with Crippen LogP contribution in [0, 0.1) is 11.3 Å². The van der Waals surface area contributed by atoms with Crippen LogP contribution >= 0.6 is 0 Å². The third kappa shape index (κ3) is 3.33. The molecule has 1 atom stereocenters. The molecule has 1 aliphatic heterocycles. The van der Waals surface area contributed by atoms with Crippen molar-refractivity contribution >= 4 is 5.71 Å². The first-order valence-electron chi connectivity index (χ1n) is 9.25. The highest BCUT2D eigenvalue weighted by Gasteiger charge is 2.35. The first-order chi connectivity index (χ1) is 14.6. The first kappa shape index (κ1) is 19.1. The fourth-order valence-electron chi connectivity index (χ4n) is 3.53. The highest BCUT2D eigenvalue weighted by molar-refractivity contribution is 6.12. The molecule has 0 saturated carbocycles. The van der Waals surface area contributed by atoms with E-state index in [9.17, 15) is 5.26 Å². The van der Waals surface area contributed by atoms with Crippen molar-refractivity contribution in [1.82, 2.24) is 19.5 Å². The molecular formula is C22H19N7O. The Labute approximate surface area is 173 Å². The van der Waals surface area contributed by atoms with Crippen LogP contribution in [-0.4, -0.2) is 32.3 Å². The molecule has 0 radical (unpaired) electrons. The van der Waals surface area contributed by atoms with Gasteiger partial charge in [-0.3, -0.25) is 4.99 Å². The SMILES string of the molecule is CN=C(C1=C(C)OC(N)=C(C#N)C1c1ccc(-n2ccnc2)cc1)c1ncccn1. The fourth-order valence-corrected chi connectivity index (χ4v) is 3.53. The van der Waals surface area contributed by atoms with Crippen molar-refractivity contribution in [3.05, 3.63) is 95.6 Å². The smallest absolute Gasteiger partial charge is 0.205 e. The largest absolute Gasteiger partial charge is 0.445 e. The predicted octanol–water partition coefficient (Wildman–Crippen LogP) is 2.86. The number of aromatic nitrogens is 4. The van der Waals surface area contributed by atoms with Crippen LogP contribution in [0.25, 0.3) is 5.69 Å². The number of benzene rings is 1. The first-order valence-corrected chi connectivity index (χ1v) is 9.25. The normalized spacial score (nSPS) is 17.0. The number of hydrogen-bond acceptors (Lipinski definition) is 7. The van der Waals surface area contributed by atoms with Crippen LogP contribution in [0.5, 0.6) is 0 Å². The lowest BCUT2D eigenvalue weighted by atomic mass is 9.80. The second-order valence-electron chi connectivity index (χ2n) is 6.60. The quantitative estimate of drug-likeness (QED) is 0.677. The Morgan fingerprint density at radius 3 is 2.53 bits per heavy atom. The van der Waals surface area contributed by atoms with Crippen LogP contribution in [0.3, 0.4) is 0 Å². The molecule has 0 bridgehead atoms. The maximum absolute atomic E-state index is 9.85. The van der Waals surface area contributed by atoms with Gasteiger partial charge in [0.25, 0.3) is 0 Å². The summed E-state index contributed by atoms with van der Waals surface area (Å²) >= 11 is 0. The van der Waals surface area contributed by atoms with Crippen molar-refractivity contribution < 1.29 is 4.74 Å². The van der Waals surface area contributed by atoms with Gasteiger partial charge in [-0.1, -0.05) is 12.1 Å². The summed E-state index contributed by atoms with van der Waals surface area (Å²) in [6.45, 7) is 1.80. The van der Waals surface area contributed by atoms with Crippen LogP contribution in [0.2, 0.25) is 0 Å². The van der Waals surface area contributed by atoms with Crippen molar-refractivity contribution in [2.75, 3.05) is 7.05 Å². The number of imidazole rings is 1. The summed E-state index contributed by atoms with van der Waals surface area (Å²) < 4.78 is 7.61. The van der Waals surface area contributed by atoms with Crippen LogP contribution in [0.15, 0.2) is 89.2 Å². The maximum atomic E-state index is 9.85. The van der Waals surface area contributed by atoms with Gasteiger partial charge in [-0.25, -0.2) is 15.0 Å². The van der Waals surface area contributed by atoms with Gasteiger partial charge in [-0.05, 0) is 30.7 Å². The Morgan fingerprint density at radius 1 is 1.20 bits per heavy atom. The average molecular weight is 397 g/mol. The molecular weight excluding hydrogens is 378 g/mol. The molecule has 2 N–H and O–H groups in total. The van der Waals surface area contributed by atoms with Gasteiger partial charge in [0.2, 0.25) is 5.88 Å². The summed E-state index contributed by atoms with van der Waals surface area (Å²) in [5.74, 6) is 0.647. The summed E-state index contributed by atoms with van der Waals surface area (Å²) in [4.78, 5) is 17.2. The predicted molar refractivity (Wildman–Crippen MR) is 111 cm³/mol. The van der Waals surface area contributed by atoms with Gasteiger partial charge in [0.1, 0.15) is 23.1 Å². The molecule has 3 aromatic rings. The zero-order valence-corrected chi connectivity index (χ0v) is 16.5. The molecule has 8 heteroatoms. The van der Waals surface area contributed by atoms with Crippen LogP contribution in [-0.2, 0) is 4.74 Å². The van der Waals surface area contributed by atoms with Gasteiger partial charge in [0.15, 0.2) is 5.82 Å². The molecule has 8 nitrogen and oxygen atoms in total. The van der Waals surface area contributed by atoms with Gasteiger partial charge >= 0.3 is 0 Å². The highest BCUT2D eigenvalue weighted by atomic mass is 16.5. The molecule has 0 amide bonds. The van der Waals surface area contributed by atoms with E-state index in [1.54, 1.807) is 45.0 Å². The molecule has 30 heavy (non-hydrogen) atoms. The summed E-state index contributed by atoms with van der Waals surface area (Å²) in [6.07, 6.45) is 8.62. The molecule has 2 aromatic heterocycles. The second-order valence-corrected chi connectivity index (χ2v) is 6.60. The van der Waals surface area contributed by atoms with Gasteiger partial charge < -0.3 is 15.0 Å². The average Bonchev–Trinajstić information content (AvgIpc) is 3.31. The minimum absolute atomic E-state index is 0.0897. The lowest BCUT2D eigenvalue weighted by molar-refractivity contribution is 0.283. The molecule has 1 aromatic carbocycles. The third-order valence-corrected chi connectivity index (χ3v) is 4.89. The molecule has 1 aliphatic rings. The topological polar surface area (TPSA) is 115 Å². The second kappa shape index (κ2) is 8.01. The molecule has 0 fully saturated rings. The number of nitriles is 1. The Kier molecular flexibility index (Phi) is 5.09. The summed E-state index contributed by atoms with van der Waals surface area (Å²) in [5, 5.41) is 9.85. The van der Waals surface area contributed by atoms with Gasteiger partial charge in [0.05, 0.1) is 12.2 Å². The van der Waals surface area contributed by atoms with Crippen molar-refractivity contribution in [2.45, 2.75) is 12.8 Å².